The van der Waals surface area contributed by atoms with Crippen LogP contribution in [0.3, 0.4) is 0 Å². The molecule has 2 fully saturated rings. The third-order valence-corrected chi connectivity index (χ3v) is 6.03. The summed E-state index contributed by atoms with van der Waals surface area (Å²) in [5.41, 5.74) is 1.65. The van der Waals surface area contributed by atoms with E-state index in [1.165, 1.54) is 18.3 Å². The topological polar surface area (TPSA) is 82.6 Å². The van der Waals surface area contributed by atoms with E-state index in [4.69, 9.17) is 0 Å². The Labute approximate surface area is 180 Å². The van der Waals surface area contributed by atoms with E-state index in [0.717, 1.165) is 6.42 Å². The Balaban J connectivity index is 1.32. The number of carbonyl (C=O) groups is 3. The van der Waals surface area contributed by atoms with Gasteiger partial charge in [-0.3, -0.25) is 19.4 Å². The molecule has 8 heteroatoms. The summed E-state index contributed by atoms with van der Waals surface area (Å²) >= 11 is 0. The van der Waals surface area contributed by atoms with Gasteiger partial charge in [-0.1, -0.05) is 12.1 Å². The van der Waals surface area contributed by atoms with Crippen LogP contribution >= 0.6 is 0 Å². The number of nitrogens with zero attached hydrogens (tertiary/aromatic N) is 3. The van der Waals surface area contributed by atoms with E-state index in [-0.39, 0.29) is 42.0 Å². The van der Waals surface area contributed by atoms with Gasteiger partial charge in [0, 0.05) is 43.9 Å². The lowest BCUT2D eigenvalue weighted by molar-refractivity contribution is -0.146. The molecule has 1 saturated carbocycles. The van der Waals surface area contributed by atoms with E-state index in [2.05, 4.69) is 10.3 Å². The molecule has 2 heterocycles. The molecular weight excluding hydrogens is 399 g/mol. The maximum absolute atomic E-state index is 13.4. The molecule has 2 aromatic rings. The van der Waals surface area contributed by atoms with Crippen molar-refractivity contribution in [1.29, 1.82) is 0 Å². The van der Waals surface area contributed by atoms with E-state index < -0.39 is 0 Å². The summed E-state index contributed by atoms with van der Waals surface area (Å²) in [6.07, 6.45) is 3.46. The first kappa shape index (κ1) is 21.0. The average molecular weight is 424 g/mol. The molecule has 2 atom stereocenters. The maximum atomic E-state index is 13.4. The highest BCUT2D eigenvalue weighted by molar-refractivity contribution is 5.94. The highest BCUT2D eigenvalue weighted by Crippen LogP contribution is 2.28. The van der Waals surface area contributed by atoms with Gasteiger partial charge in [0.05, 0.1) is 17.8 Å². The van der Waals surface area contributed by atoms with Crippen LogP contribution < -0.4 is 5.32 Å². The fourth-order valence-electron chi connectivity index (χ4n) is 4.16. The van der Waals surface area contributed by atoms with Gasteiger partial charge >= 0.3 is 0 Å². The summed E-state index contributed by atoms with van der Waals surface area (Å²) in [7, 11) is 1.74. The van der Waals surface area contributed by atoms with Crippen LogP contribution in [-0.4, -0.2) is 65.2 Å². The normalized spacial score (nSPS) is 21.3. The van der Waals surface area contributed by atoms with Gasteiger partial charge in [0.2, 0.25) is 11.8 Å². The minimum absolute atomic E-state index is 0.000637. The molecule has 0 bridgehead atoms. The molecule has 1 N–H and O–H groups in total. The van der Waals surface area contributed by atoms with Gasteiger partial charge in [0.15, 0.2) is 0 Å². The van der Waals surface area contributed by atoms with Crippen LogP contribution in [0.5, 0.6) is 0 Å². The van der Waals surface area contributed by atoms with Crippen molar-refractivity contribution in [2.75, 3.05) is 26.7 Å². The number of halogens is 1. The summed E-state index contributed by atoms with van der Waals surface area (Å²) < 4.78 is 13.4. The van der Waals surface area contributed by atoms with E-state index in [9.17, 15) is 18.8 Å². The van der Waals surface area contributed by atoms with Crippen LogP contribution in [0, 0.1) is 11.7 Å². The SMILES string of the molecule is CN1CCN(C(=O)[C@H]2CC[C@@H](NC(=O)c3ccc(-c4cccc(F)c4)nc3)C2)CC1=O. The van der Waals surface area contributed by atoms with Gasteiger partial charge in [-0.2, -0.15) is 0 Å². The lowest BCUT2D eigenvalue weighted by Gasteiger charge is -2.33. The molecule has 162 valence electrons. The Morgan fingerprint density at radius 1 is 1.16 bits per heavy atom. The van der Waals surface area contributed by atoms with Crippen molar-refractivity contribution in [3.05, 3.63) is 54.0 Å². The van der Waals surface area contributed by atoms with Crippen LogP contribution in [0.25, 0.3) is 11.3 Å². The molecule has 0 unspecified atom stereocenters. The molecule has 4 rings (SSSR count). The van der Waals surface area contributed by atoms with Crippen molar-refractivity contribution in [2.24, 2.45) is 5.92 Å². The largest absolute Gasteiger partial charge is 0.349 e. The molecule has 1 aromatic carbocycles. The second-order valence-electron chi connectivity index (χ2n) is 8.20. The molecule has 1 aromatic heterocycles. The van der Waals surface area contributed by atoms with E-state index in [1.807, 2.05) is 0 Å². The third-order valence-electron chi connectivity index (χ3n) is 6.03. The van der Waals surface area contributed by atoms with E-state index >= 15 is 0 Å². The number of pyridine rings is 1. The van der Waals surface area contributed by atoms with E-state index in [1.54, 1.807) is 41.1 Å². The Morgan fingerprint density at radius 3 is 2.71 bits per heavy atom. The molecule has 3 amide bonds. The minimum Gasteiger partial charge on any atom is -0.349 e. The minimum atomic E-state index is -0.340. The van der Waals surface area contributed by atoms with Crippen molar-refractivity contribution in [3.8, 4) is 11.3 Å². The number of nitrogens with one attached hydrogen (secondary N) is 1. The predicted molar refractivity (Wildman–Crippen MR) is 112 cm³/mol. The van der Waals surface area contributed by atoms with Gasteiger partial charge in [0.1, 0.15) is 5.82 Å². The molecule has 1 aliphatic heterocycles. The fraction of sp³-hybridized carbons (Fsp3) is 0.391. The highest BCUT2D eigenvalue weighted by atomic mass is 19.1. The standard InChI is InChI=1S/C23H25FN4O3/c1-27-9-10-28(14-21(27)29)23(31)16-5-7-19(12-16)26-22(30)17-6-8-20(25-13-17)15-3-2-4-18(24)11-15/h2-4,6,8,11,13,16,19H,5,7,9-10,12,14H2,1H3,(H,26,30)/t16-,19+/m0/s1. The first-order valence-corrected chi connectivity index (χ1v) is 10.5. The molecule has 0 radical (unpaired) electrons. The zero-order valence-electron chi connectivity index (χ0n) is 17.4. The van der Waals surface area contributed by atoms with Crippen LogP contribution in [-0.2, 0) is 9.59 Å². The number of carbonyl (C=O) groups excluding carboxylic acids is 3. The Hall–Kier alpha value is -3.29. The number of amides is 3. The number of piperazine rings is 1. The maximum Gasteiger partial charge on any atom is 0.253 e. The lowest BCUT2D eigenvalue weighted by Crippen LogP contribution is -2.52. The monoisotopic (exact) mass is 424 g/mol. The van der Waals surface area contributed by atoms with Crippen molar-refractivity contribution in [2.45, 2.75) is 25.3 Å². The Kier molecular flexibility index (Phi) is 5.97. The van der Waals surface area contributed by atoms with Crippen LogP contribution in [0.4, 0.5) is 4.39 Å². The predicted octanol–water partition coefficient (Wildman–Crippen LogP) is 2.09. The average Bonchev–Trinajstić information content (AvgIpc) is 3.23. The quantitative estimate of drug-likeness (QED) is 0.815. The van der Waals surface area contributed by atoms with Gasteiger partial charge in [-0.15, -0.1) is 0 Å². The zero-order chi connectivity index (χ0) is 22.0. The zero-order valence-corrected chi connectivity index (χ0v) is 17.4. The van der Waals surface area contributed by atoms with Gasteiger partial charge in [0.25, 0.3) is 5.91 Å². The second-order valence-corrected chi connectivity index (χ2v) is 8.20. The fourth-order valence-corrected chi connectivity index (χ4v) is 4.16. The number of aromatic nitrogens is 1. The van der Waals surface area contributed by atoms with Crippen molar-refractivity contribution < 1.29 is 18.8 Å². The molecule has 1 aliphatic carbocycles. The van der Waals surface area contributed by atoms with Crippen LogP contribution in [0.15, 0.2) is 42.6 Å². The summed E-state index contributed by atoms with van der Waals surface area (Å²) in [5, 5.41) is 2.98. The van der Waals surface area contributed by atoms with Crippen LogP contribution in [0.1, 0.15) is 29.6 Å². The molecule has 2 aliphatic rings. The van der Waals surface area contributed by atoms with Gasteiger partial charge < -0.3 is 15.1 Å². The number of hydrogen-bond donors (Lipinski definition) is 1. The molecule has 0 spiro atoms. The second kappa shape index (κ2) is 8.83. The summed E-state index contributed by atoms with van der Waals surface area (Å²) in [6, 6.07) is 9.40. The smallest absolute Gasteiger partial charge is 0.253 e. The number of hydrogen-bond acceptors (Lipinski definition) is 4. The Bertz CT molecular complexity index is 995. The first-order chi connectivity index (χ1) is 14.9. The molecule has 31 heavy (non-hydrogen) atoms. The molecule has 1 saturated heterocycles. The van der Waals surface area contributed by atoms with Crippen molar-refractivity contribution in [3.63, 3.8) is 0 Å². The summed E-state index contributed by atoms with van der Waals surface area (Å²) in [4.78, 5) is 44.8. The number of rotatable bonds is 4. The molecular formula is C23H25FN4O3. The van der Waals surface area contributed by atoms with E-state index in [0.29, 0.717) is 42.8 Å². The van der Waals surface area contributed by atoms with Crippen LogP contribution in [0.2, 0.25) is 0 Å². The third kappa shape index (κ3) is 4.73. The van der Waals surface area contributed by atoms with Crippen molar-refractivity contribution >= 4 is 17.7 Å². The number of benzene rings is 1. The Morgan fingerprint density at radius 2 is 2.00 bits per heavy atom. The lowest BCUT2D eigenvalue weighted by atomic mass is 10.1. The highest BCUT2D eigenvalue weighted by Gasteiger charge is 2.35. The summed E-state index contributed by atoms with van der Waals surface area (Å²) in [6.45, 7) is 1.24. The molecule has 7 nitrogen and oxygen atoms in total. The van der Waals surface area contributed by atoms with Gasteiger partial charge in [-0.25, -0.2) is 4.39 Å². The summed E-state index contributed by atoms with van der Waals surface area (Å²) in [5.74, 6) is -0.801. The van der Waals surface area contributed by atoms with Crippen molar-refractivity contribution in [1.82, 2.24) is 20.1 Å². The first-order valence-electron chi connectivity index (χ1n) is 10.5. The number of likely N-dealkylation sites (N-methyl/N-ethyl adjacent to an activating group) is 1. The van der Waals surface area contributed by atoms with Gasteiger partial charge in [-0.05, 0) is 43.5 Å².